The monoisotopic (exact) mass is 277 g/mol. The SMILES string of the molecule is CC(O)C(C)(C)NC(=O)c1cc(F)c(Cl)cc1F. The van der Waals surface area contributed by atoms with Crippen LogP contribution < -0.4 is 5.32 Å². The standard InChI is InChI=1S/C12H14ClF2NO2/c1-6(17)12(2,3)16-11(18)7-4-10(15)8(13)5-9(7)14/h4-6,17H,1-3H3,(H,16,18). The molecule has 0 radical (unpaired) electrons. The van der Waals surface area contributed by atoms with Crippen molar-refractivity contribution >= 4 is 17.5 Å². The number of hydrogen-bond donors (Lipinski definition) is 2. The number of hydrogen-bond acceptors (Lipinski definition) is 2. The number of carbonyl (C=O) groups excluding carboxylic acids is 1. The van der Waals surface area contributed by atoms with Crippen molar-refractivity contribution in [2.75, 3.05) is 0 Å². The summed E-state index contributed by atoms with van der Waals surface area (Å²) >= 11 is 5.39. The molecule has 1 aromatic carbocycles. The van der Waals surface area contributed by atoms with Gasteiger partial charge in [-0.15, -0.1) is 0 Å². The molecule has 2 N–H and O–H groups in total. The molecule has 0 aliphatic rings. The minimum absolute atomic E-state index is 0.390. The lowest BCUT2D eigenvalue weighted by Gasteiger charge is -2.29. The molecule has 0 aliphatic heterocycles. The third-order valence-electron chi connectivity index (χ3n) is 2.73. The van der Waals surface area contributed by atoms with Gasteiger partial charge < -0.3 is 10.4 Å². The maximum absolute atomic E-state index is 13.5. The molecule has 6 heteroatoms. The normalized spacial score (nSPS) is 13.3. The Balaban J connectivity index is 3.02. The van der Waals surface area contributed by atoms with Crippen molar-refractivity contribution < 1.29 is 18.7 Å². The average Bonchev–Trinajstić information content (AvgIpc) is 2.22. The lowest BCUT2D eigenvalue weighted by atomic mass is 9.98. The number of nitrogens with one attached hydrogen (secondary N) is 1. The van der Waals surface area contributed by atoms with Gasteiger partial charge in [0, 0.05) is 0 Å². The van der Waals surface area contributed by atoms with E-state index in [1.807, 2.05) is 0 Å². The average molecular weight is 278 g/mol. The summed E-state index contributed by atoms with van der Waals surface area (Å²) in [6, 6.07) is 1.46. The first kappa shape index (κ1) is 14.9. The molecule has 1 unspecified atom stereocenters. The summed E-state index contributed by atoms with van der Waals surface area (Å²) in [6.07, 6.45) is -0.846. The van der Waals surface area contributed by atoms with Gasteiger partial charge in [0.25, 0.3) is 5.91 Å². The molecule has 18 heavy (non-hydrogen) atoms. The summed E-state index contributed by atoms with van der Waals surface area (Å²) in [6.45, 7) is 4.62. The Kier molecular flexibility index (Phi) is 4.29. The van der Waals surface area contributed by atoms with Crippen molar-refractivity contribution in [1.82, 2.24) is 5.32 Å². The van der Waals surface area contributed by atoms with Crippen LogP contribution in [0.1, 0.15) is 31.1 Å². The highest BCUT2D eigenvalue weighted by atomic mass is 35.5. The van der Waals surface area contributed by atoms with Gasteiger partial charge in [-0.2, -0.15) is 0 Å². The zero-order chi connectivity index (χ0) is 14.1. The Morgan fingerprint density at radius 1 is 1.39 bits per heavy atom. The molecule has 0 bridgehead atoms. The number of aliphatic hydroxyl groups excluding tert-OH is 1. The first-order valence-electron chi connectivity index (χ1n) is 5.30. The van der Waals surface area contributed by atoms with Crippen LogP contribution in [-0.2, 0) is 0 Å². The topological polar surface area (TPSA) is 49.3 Å². The van der Waals surface area contributed by atoms with E-state index in [1.54, 1.807) is 13.8 Å². The van der Waals surface area contributed by atoms with Gasteiger partial charge in [-0.05, 0) is 32.9 Å². The highest BCUT2D eigenvalue weighted by molar-refractivity contribution is 6.30. The lowest BCUT2D eigenvalue weighted by Crippen LogP contribution is -2.51. The van der Waals surface area contributed by atoms with Crippen LogP contribution in [0, 0.1) is 11.6 Å². The number of aliphatic hydroxyl groups is 1. The van der Waals surface area contributed by atoms with E-state index in [4.69, 9.17) is 11.6 Å². The number of rotatable bonds is 3. The summed E-state index contributed by atoms with van der Waals surface area (Å²) in [5.41, 5.74) is -1.41. The molecule has 1 amide bonds. The smallest absolute Gasteiger partial charge is 0.254 e. The third-order valence-corrected chi connectivity index (χ3v) is 3.02. The number of carbonyl (C=O) groups is 1. The number of halogens is 3. The van der Waals surface area contributed by atoms with Crippen molar-refractivity contribution in [1.29, 1.82) is 0 Å². The van der Waals surface area contributed by atoms with E-state index in [0.717, 1.165) is 12.1 Å². The maximum atomic E-state index is 13.5. The van der Waals surface area contributed by atoms with Crippen molar-refractivity contribution in [2.24, 2.45) is 0 Å². The fraction of sp³-hybridized carbons (Fsp3) is 0.417. The van der Waals surface area contributed by atoms with E-state index in [0.29, 0.717) is 0 Å². The van der Waals surface area contributed by atoms with Crippen LogP contribution in [0.5, 0.6) is 0 Å². The third kappa shape index (κ3) is 3.17. The lowest BCUT2D eigenvalue weighted by molar-refractivity contribution is 0.0706. The molecule has 1 aromatic rings. The predicted molar refractivity (Wildman–Crippen MR) is 64.6 cm³/mol. The Bertz CT molecular complexity index is 475. The minimum atomic E-state index is -0.959. The van der Waals surface area contributed by atoms with E-state index < -0.39 is 34.7 Å². The minimum Gasteiger partial charge on any atom is -0.391 e. The van der Waals surface area contributed by atoms with Gasteiger partial charge in [-0.1, -0.05) is 11.6 Å². The quantitative estimate of drug-likeness (QED) is 0.834. The molecule has 0 fully saturated rings. The van der Waals surface area contributed by atoms with Gasteiger partial charge in [0.05, 0.1) is 22.2 Å². The van der Waals surface area contributed by atoms with Crippen molar-refractivity contribution in [3.63, 3.8) is 0 Å². The van der Waals surface area contributed by atoms with Gasteiger partial charge in [0.15, 0.2) is 0 Å². The van der Waals surface area contributed by atoms with Crippen LogP contribution in [0.3, 0.4) is 0 Å². The molecule has 0 aliphatic carbocycles. The molecule has 0 heterocycles. The van der Waals surface area contributed by atoms with Crippen LogP contribution in [0.4, 0.5) is 8.78 Å². The van der Waals surface area contributed by atoms with E-state index in [-0.39, 0.29) is 5.02 Å². The molecule has 0 saturated carbocycles. The van der Waals surface area contributed by atoms with Gasteiger partial charge in [-0.25, -0.2) is 8.78 Å². The summed E-state index contributed by atoms with van der Waals surface area (Å²) < 4.78 is 26.7. The number of benzene rings is 1. The molecule has 1 rings (SSSR count). The molecular weight excluding hydrogens is 264 g/mol. The first-order valence-corrected chi connectivity index (χ1v) is 5.68. The van der Waals surface area contributed by atoms with Crippen LogP contribution in [0.15, 0.2) is 12.1 Å². The zero-order valence-electron chi connectivity index (χ0n) is 10.2. The maximum Gasteiger partial charge on any atom is 0.254 e. The second-order valence-corrected chi connectivity index (χ2v) is 5.01. The summed E-state index contributed by atoms with van der Waals surface area (Å²) in [7, 11) is 0. The van der Waals surface area contributed by atoms with E-state index in [1.165, 1.54) is 6.92 Å². The number of amides is 1. The predicted octanol–water partition coefficient (Wildman–Crippen LogP) is 2.51. The molecule has 3 nitrogen and oxygen atoms in total. The molecule has 0 aromatic heterocycles. The first-order chi connectivity index (χ1) is 8.15. The molecule has 0 saturated heterocycles. The van der Waals surface area contributed by atoms with Crippen molar-refractivity contribution in [3.05, 3.63) is 34.4 Å². The fourth-order valence-electron chi connectivity index (χ4n) is 1.16. The van der Waals surface area contributed by atoms with Gasteiger partial charge >= 0.3 is 0 Å². The van der Waals surface area contributed by atoms with E-state index in [9.17, 15) is 18.7 Å². The highest BCUT2D eigenvalue weighted by Crippen LogP contribution is 2.20. The van der Waals surface area contributed by atoms with Crippen molar-refractivity contribution in [3.8, 4) is 0 Å². The summed E-state index contributed by atoms with van der Waals surface area (Å²) in [5, 5.41) is 11.5. The van der Waals surface area contributed by atoms with E-state index >= 15 is 0 Å². The van der Waals surface area contributed by atoms with Crippen LogP contribution in [0.2, 0.25) is 5.02 Å². The van der Waals surface area contributed by atoms with Gasteiger partial charge in [0.2, 0.25) is 0 Å². The van der Waals surface area contributed by atoms with Crippen molar-refractivity contribution in [2.45, 2.75) is 32.4 Å². The fourth-order valence-corrected chi connectivity index (χ4v) is 1.31. The van der Waals surface area contributed by atoms with Crippen LogP contribution in [-0.4, -0.2) is 22.7 Å². The summed E-state index contributed by atoms with van der Waals surface area (Å²) in [4.78, 5) is 11.8. The summed E-state index contributed by atoms with van der Waals surface area (Å²) in [5.74, 6) is -2.60. The van der Waals surface area contributed by atoms with Gasteiger partial charge in [0.1, 0.15) is 11.6 Å². The second kappa shape index (κ2) is 5.20. The largest absolute Gasteiger partial charge is 0.391 e. The Morgan fingerprint density at radius 3 is 2.44 bits per heavy atom. The van der Waals surface area contributed by atoms with E-state index in [2.05, 4.69) is 5.32 Å². The Morgan fingerprint density at radius 2 is 1.94 bits per heavy atom. The molecule has 1 atom stereocenters. The Hall–Kier alpha value is -1.20. The molecule has 0 spiro atoms. The second-order valence-electron chi connectivity index (χ2n) is 4.60. The Labute approximate surface area is 109 Å². The van der Waals surface area contributed by atoms with Gasteiger partial charge in [-0.3, -0.25) is 4.79 Å². The van der Waals surface area contributed by atoms with Crippen LogP contribution >= 0.6 is 11.6 Å². The zero-order valence-corrected chi connectivity index (χ0v) is 11.0. The van der Waals surface area contributed by atoms with Crippen LogP contribution in [0.25, 0.3) is 0 Å². The highest BCUT2D eigenvalue weighted by Gasteiger charge is 2.28. The molecule has 100 valence electrons. The molecular formula is C12H14ClF2NO2.